The lowest BCUT2D eigenvalue weighted by Crippen LogP contribution is -2.31. The lowest BCUT2D eigenvalue weighted by molar-refractivity contribution is 0.0767. The number of nitrogens with one attached hydrogen (secondary N) is 1. The van der Waals surface area contributed by atoms with Gasteiger partial charge in [0.05, 0.1) is 0 Å². The number of rotatable bonds is 4. The molecule has 0 bridgehead atoms. The molecule has 1 aliphatic carbocycles. The number of carbonyl (C=O) groups excluding carboxylic acids is 1. The van der Waals surface area contributed by atoms with Gasteiger partial charge in [-0.3, -0.25) is 9.78 Å². The fraction of sp³-hybridized carbons (Fsp3) is 0.462. The highest BCUT2D eigenvalue weighted by Gasteiger charge is 2.32. The molecule has 160 valence electrons. The molecule has 2 heterocycles. The summed E-state index contributed by atoms with van der Waals surface area (Å²) >= 11 is 0. The van der Waals surface area contributed by atoms with E-state index in [1.54, 1.807) is 0 Å². The molecule has 2 aromatic rings. The van der Waals surface area contributed by atoms with Crippen molar-refractivity contribution < 1.29 is 6.22 Å². The van der Waals surface area contributed by atoms with Crippen LogP contribution in [0.4, 0.5) is 0 Å². The molecule has 1 amide bonds. The molecule has 1 aliphatic heterocycles. The maximum atomic E-state index is 12.7. The molecule has 1 spiro atoms. The number of nitrogens with zero attached hydrogens (tertiary/aromatic N) is 2. The molecule has 1 fully saturated rings. The van der Waals surface area contributed by atoms with E-state index >= 15 is 0 Å². The van der Waals surface area contributed by atoms with Crippen molar-refractivity contribution >= 4 is 11.5 Å². The maximum Gasteiger partial charge on any atom is 0.272 e. The van der Waals surface area contributed by atoms with Gasteiger partial charge in [0.2, 0.25) is 0 Å². The molecule has 0 saturated carbocycles. The first-order valence-corrected chi connectivity index (χ1v) is 11.4. The van der Waals surface area contributed by atoms with Gasteiger partial charge in [-0.1, -0.05) is 36.4 Å². The van der Waals surface area contributed by atoms with E-state index in [4.69, 9.17) is 0 Å². The summed E-state index contributed by atoms with van der Waals surface area (Å²) in [6.07, 6.45) is 10.4. The fourth-order valence-electron chi connectivity index (χ4n) is 4.98. The number of pyridine rings is 1. The van der Waals surface area contributed by atoms with Crippen LogP contribution in [0.3, 0.4) is 0 Å². The highest BCUT2D eigenvalue weighted by atomic mass is 16.2. The molecular formula is C26H35N3O. The fourth-order valence-corrected chi connectivity index (χ4v) is 4.98. The molecule has 1 saturated heterocycles. The van der Waals surface area contributed by atoms with Gasteiger partial charge < -0.3 is 10.2 Å². The first-order chi connectivity index (χ1) is 14.7. The number of benzene rings is 1. The smallest absolute Gasteiger partial charge is 0.272 e. The highest BCUT2D eigenvalue weighted by Crippen LogP contribution is 2.43. The Morgan fingerprint density at radius 1 is 1.10 bits per heavy atom. The maximum absolute atomic E-state index is 12.7. The van der Waals surface area contributed by atoms with Gasteiger partial charge in [0.1, 0.15) is 5.69 Å². The molecule has 1 atom stereocenters. The zero-order chi connectivity index (χ0) is 21.0. The van der Waals surface area contributed by atoms with Crippen LogP contribution in [-0.2, 0) is 6.42 Å². The van der Waals surface area contributed by atoms with E-state index in [0.717, 1.165) is 25.1 Å². The van der Waals surface area contributed by atoms with Crippen LogP contribution in [0.15, 0.2) is 48.7 Å². The lowest BCUT2D eigenvalue weighted by atomic mass is 9.76. The molecule has 1 unspecified atom stereocenters. The summed E-state index contributed by atoms with van der Waals surface area (Å²) in [6, 6.07) is 12.8. The average molecular weight is 406 g/mol. The van der Waals surface area contributed by atoms with Crippen LogP contribution in [0.5, 0.6) is 0 Å². The Bertz CT molecular complexity index is 911. The predicted octanol–water partition coefficient (Wildman–Crippen LogP) is 4.95. The van der Waals surface area contributed by atoms with Crippen LogP contribution in [0.2, 0.25) is 0 Å². The Balaban J connectivity index is 0.00000272. The zero-order valence-electron chi connectivity index (χ0n) is 18.3. The van der Waals surface area contributed by atoms with Gasteiger partial charge in [-0.05, 0) is 87.2 Å². The predicted molar refractivity (Wildman–Crippen MR) is 125 cm³/mol. The zero-order valence-corrected chi connectivity index (χ0v) is 18.3. The number of allylic oxidation sites excluding steroid dienone is 1. The first kappa shape index (κ1) is 20.8. The number of aryl methyl sites for hydroxylation is 1. The SMILES string of the molecule is CCN(CC)C(=O)c1ccc(C2=CC3(CCCNCC3)CCc3ccccc32)cn1.[HH]. The molecule has 2 aliphatic rings. The molecule has 1 aromatic carbocycles. The van der Waals surface area contributed by atoms with Crippen LogP contribution in [0, 0.1) is 5.41 Å². The lowest BCUT2D eigenvalue weighted by Gasteiger charge is -2.29. The van der Waals surface area contributed by atoms with Crippen molar-refractivity contribution in [2.24, 2.45) is 5.41 Å². The minimum atomic E-state index is 0. The summed E-state index contributed by atoms with van der Waals surface area (Å²) in [5.74, 6) is 0.00751. The Morgan fingerprint density at radius 2 is 1.93 bits per heavy atom. The van der Waals surface area contributed by atoms with Crippen LogP contribution in [0.25, 0.3) is 5.57 Å². The summed E-state index contributed by atoms with van der Waals surface area (Å²) in [6.45, 7) is 7.60. The Hall–Kier alpha value is -2.46. The van der Waals surface area contributed by atoms with Crippen LogP contribution in [0.1, 0.15) is 68.1 Å². The standard InChI is InChI=1S/C26H33N3O.H2/c1-3-29(4-2)25(30)24-11-10-21(19-28-24)23-18-26(13-7-16-27-17-15-26)14-12-20-8-5-6-9-22(20)23;/h5-6,8-11,18-19,27H,3-4,7,12-17H2,1-2H3;1H. The summed E-state index contributed by atoms with van der Waals surface area (Å²) in [5, 5.41) is 3.57. The van der Waals surface area contributed by atoms with Crippen LogP contribution >= 0.6 is 0 Å². The van der Waals surface area contributed by atoms with E-state index in [1.807, 2.05) is 31.0 Å². The number of fused-ring (bicyclic) bond motifs is 1. The van der Waals surface area contributed by atoms with Gasteiger partial charge in [-0.15, -0.1) is 0 Å². The van der Waals surface area contributed by atoms with Gasteiger partial charge in [0, 0.05) is 26.3 Å². The number of hydrogen-bond acceptors (Lipinski definition) is 3. The number of hydrogen-bond donors (Lipinski definition) is 1. The van der Waals surface area contributed by atoms with Gasteiger partial charge in [0.25, 0.3) is 5.91 Å². The van der Waals surface area contributed by atoms with Crippen molar-refractivity contribution in [3.05, 3.63) is 71.1 Å². The van der Waals surface area contributed by atoms with Crippen molar-refractivity contribution in [1.82, 2.24) is 15.2 Å². The molecule has 4 rings (SSSR count). The normalized spacial score (nSPS) is 21.3. The van der Waals surface area contributed by atoms with Gasteiger partial charge in [0.15, 0.2) is 0 Å². The molecule has 30 heavy (non-hydrogen) atoms. The monoisotopic (exact) mass is 405 g/mol. The topological polar surface area (TPSA) is 45.2 Å². The van der Waals surface area contributed by atoms with Crippen LogP contribution < -0.4 is 5.32 Å². The largest absolute Gasteiger partial charge is 0.338 e. The van der Waals surface area contributed by atoms with Crippen molar-refractivity contribution in [3.8, 4) is 0 Å². The number of carbonyl (C=O) groups is 1. The third kappa shape index (κ3) is 4.20. The minimum Gasteiger partial charge on any atom is -0.338 e. The quantitative estimate of drug-likeness (QED) is 0.783. The first-order valence-electron chi connectivity index (χ1n) is 11.4. The van der Waals surface area contributed by atoms with Gasteiger partial charge >= 0.3 is 0 Å². The molecule has 1 N–H and O–H groups in total. The second-order valence-corrected chi connectivity index (χ2v) is 8.59. The summed E-state index contributed by atoms with van der Waals surface area (Å²) < 4.78 is 0. The third-order valence-corrected chi connectivity index (χ3v) is 6.82. The summed E-state index contributed by atoms with van der Waals surface area (Å²) in [4.78, 5) is 19.1. The van der Waals surface area contributed by atoms with Crippen LogP contribution in [-0.4, -0.2) is 42.0 Å². The van der Waals surface area contributed by atoms with Gasteiger partial charge in [-0.2, -0.15) is 0 Å². The minimum absolute atomic E-state index is 0. The average Bonchev–Trinajstić information content (AvgIpc) is 3.12. The van der Waals surface area contributed by atoms with E-state index < -0.39 is 0 Å². The van der Waals surface area contributed by atoms with Crippen molar-refractivity contribution in [1.29, 1.82) is 0 Å². The summed E-state index contributed by atoms with van der Waals surface area (Å²) in [5.41, 5.74) is 5.88. The van der Waals surface area contributed by atoms with E-state index in [9.17, 15) is 4.79 Å². The van der Waals surface area contributed by atoms with E-state index in [1.165, 1.54) is 42.4 Å². The Morgan fingerprint density at radius 3 is 2.70 bits per heavy atom. The van der Waals surface area contributed by atoms with Crippen molar-refractivity contribution in [2.45, 2.75) is 46.0 Å². The van der Waals surface area contributed by atoms with Crippen molar-refractivity contribution in [3.63, 3.8) is 0 Å². The van der Waals surface area contributed by atoms with Gasteiger partial charge in [-0.25, -0.2) is 0 Å². The number of amides is 1. The highest BCUT2D eigenvalue weighted by molar-refractivity contribution is 5.93. The Kier molecular flexibility index (Phi) is 6.33. The van der Waals surface area contributed by atoms with E-state index in [2.05, 4.69) is 46.7 Å². The van der Waals surface area contributed by atoms with E-state index in [-0.39, 0.29) is 12.7 Å². The molecule has 1 aromatic heterocycles. The third-order valence-electron chi connectivity index (χ3n) is 6.82. The molecule has 0 radical (unpaired) electrons. The second kappa shape index (κ2) is 9.13. The summed E-state index contributed by atoms with van der Waals surface area (Å²) in [7, 11) is 0. The number of aromatic nitrogens is 1. The Labute approximate surface area is 181 Å². The molecule has 4 nitrogen and oxygen atoms in total. The molecule has 4 heteroatoms. The second-order valence-electron chi connectivity index (χ2n) is 8.59. The van der Waals surface area contributed by atoms with Crippen molar-refractivity contribution in [2.75, 3.05) is 26.2 Å². The van der Waals surface area contributed by atoms with E-state index in [0.29, 0.717) is 18.8 Å². The molecular weight excluding hydrogens is 370 g/mol.